The maximum absolute atomic E-state index is 6.07. The van der Waals surface area contributed by atoms with E-state index in [-0.39, 0.29) is 5.54 Å². The highest BCUT2D eigenvalue weighted by molar-refractivity contribution is 8.13. The third-order valence-electron chi connectivity index (χ3n) is 1.87. The first-order valence-corrected chi connectivity index (χ1v) is 6.95. The van der Waals surface area contributed by atoms with Gasteiger partial charge in [0.2, 0.25) is 0 Å². The predicted octanol–water partition coefficient (Wildman–Crippen LogP) is 4.34. The molecule has 0 aliphatic rings. The summed E-state index contributed by atoms with van der Waals surface area (Å²) in [4.78, 5) is 4.35. The van der Waals surface area contributed by atoms with Crippen molar-refractivity contribution in [2.24, 2.45) is 10.7 Å². The van der Waals surface area contributed by atoms with Crippen LogP contribution in [0.15, 0.2) is 23.2 Å². The van der Waals surface area contributed by atoms with Gasteiger partial charge in [-0.15, -0.1) is 0 Å². The van der Waals surface area contributed by atoms with Crippen LogP contribution in [0.1, 0.15) is 26.3 Å². The molecular formula is C12H16Cl2N2S. The zero-order chi connectivity index (χ0) is 13.1. The Morgan fingerprint density at radius 3 is 2.29 bits per heavy atom. The van der Waals surface area contributed by atoms with E-state index in [0.717, 1.165) is 5.56 Å². The number of nitrogens with two attached hydrogens (primary N) is 1. The molecule has 0 aromatic heterocycles. The highest BCUT2D eigenvalue weighted by Gasteiger charge is 2.10. The van der Waals surface area contributed by atoms with Gasteiger partial charge in [-0.1, -0.05) is 41.0 Å². The molecule has 0 spiro atoms. The van der Waals surface area contributed by atoms with Crippen LogP contribution in [0.4, 0.5) is 0 Å². The van der Waals surface area contributed by atoms with E-state index in [0.29, 0.717) is 21.0 Å². The summed E-state index contributed by atoms with van der Waals surface area (Å²) in [5.74, 6) is 0.629. The third-order valence-corrected chi connectivity index (χ3v) is 3.40. The van der Waals surface area contributed by atoms with E-state index in [2.05, 4.69) is 4.99 Å². The Bertz CT molecular complexity index is 405. The van der Waals surface area contributed by atoms with Crippen LogP contribution in [0, 0.1) is 0 Å². The number of aliphatic imine (C=N–C) groups is 1. The maximum atomic E-state index is 6.07. The van der Waals surface area contributed by atoms with Crippen LogP contribution in [0.2, 0.25) is 10.0 Å². The van der Waals surface area contributed by atoms with Gasteiger partial charge < -0.3 is 5.73 Å². The highest BCUT2D eigenvalue weighted by atomic mass is 35.5. The molecule has 0 fully saturated rings. The molecule has 1 rings (SSSR count). The molecule has 0 amide bonds. The lowest BCUT2D eigenvalue weighted by Gasteiger charge is -2.13. The molecule has 0 aliphatic carbocycles. The van der Waals surface area contributed by atoms with Crippen molar-refractivity contribution in [2.45, 2.75) is 32.1 Å². The summed E-state index contributed by atoms with van der Waals surface area (Å²) in [6, 6.07) is 5.46. The van der Waals surface area contributed by atoms with Crippen molar-refractivity contribution in [3.63, 3.8) is 0 Å². The molecule has 0 unspecified atom stereocenters. The minimum Gasteiger partial charge on any atom is -0.379 e. The van der Waals surface area contributed by atoms with Gasteiger partial charge in [0.15, 0.2) is 5.17 Å². The van der Waals surface area contributed by atoms with Crippen molar-refractivity contribution in [1.29, 1.82) is 0 Å². The fraction of sp³-hybridized carbons (Fsp3) is 0.417. The van der Waals surface area contributed by atoms with Crippen molar-refractivity contribution < 1.29 is 0 Å². The lowest BCUT2D eigenvalue weighted by molar-refractivity contribution is 0.585. The van der Waals surface area contributed by atoms with Crippen LogP contribution in [0.5, 0.6) is 0 Å². The SMILES string of the molecule is CC(C)(C)N=C(N)SCc1c(Cl)cccc1Cl. The first-order valence-electron chi connectivity index (χ1n) is 5.20. The molecule has 2 N–H and O–H groups in total. The Morgan fingerprint density at radius 2 is 1.82 bits per heavy atom. The van der Waals surface area contributed by atoms with E-state index in [1.54, 1.807) is 0 Å². The lowest BCUT2D eigenvalue weighted by Crippen LogP contribution is -2.17. The average Bonchev–Trinajstić information content (AvgIpc) is 2.14. The molecule has 1 aromatic rings. The maximum Gasteiger partial charge on any atom is 0.154 e. The monoisotopic (exact) mass is 290 g/mol. The number of hydrogen-bond donors (Lipinski definition) is 1. The van der Waals surface area contributed by atoms with Gasteiger partial charge in [-0.2, -0.15) is 0 Å². The Morgan fingerprint density at radius 1 is 1.29 bits per heavy atom. The topological polar surface area (TPSA) is 38.4 Å². The Kier molecular flexibility index (Phi) is 5.17. The molecule has 0 saturated heterocycles. The largest absolute Gasteiger partial charge is 0.379 e. The van der Waals surface area contributed by atoms with Gasteiger partial charge in [0.25, 0.3) is 0 Å². The molecule has 0 atom stereocenters. The Balaban J connectivity index is 2.72. The first-order chi connectivity index (χ1) is 7.79. The van der Waals surface area contributed by atoms with Crippen molar-refractivity contribution in [1.82, 2.24) is 0 Å². The number of halogens is 2. The number of benzene rings is 1. The zero-order valence-corrected chi connectivity index (χ0v) is 12.5. The fourth-order valence-corrected chi connectivity index (χ4v) is 2.81. The van der Waals surface area contributed by atoms with Gasteiger partial charge in [-0.05, 0) is 38.5 Å². The van der Waals surface area contributed by atoms with E-state index < -0.39 is 0 Å². The molecule has 5 heteroatoms. The van der Waals surface area contributed by atoms with Crippen LogP contribution in [0.25, 0.3) is 0 Å². The van der Waals surface area contributed by atoms with Crippen LogP contribution in [-0.2, 0) is 5.75 Å². The normalized spacial score (nSPS) is 12.9. The van der Waals surface area contributed by atoms with E-state index in [1.807, 2.05) is 39.0 Å². The molecule has 0 saturated carbocycles. The van der Waals surface area contributed by atoms with Crippen LogP contribution in [-0.4, -0.2) is 10.7 Å². The van der Waals surface area contributed by atoms with Crippen molar-refractivity contribution >= 4 is 40.1 Å². The first kappa shape index (κ1) is 14.7. The molecule has 2 nitrogen and oxygen atoms in total. The summed E-state index contributed by atoms with van der Waals surface area (Å²) >= 11 is 13.6. The van der Waals surface area contributed by atoms with Crippen LogP contribution in [0.3, 0.4) is 0 Å². The highest BCUT2D eigenvalue weighted by Crippen LogP contribution is 2.28. The molecule has 94 valence electrons. The summed E-state index contributed by atoms with van der Waals surface area (Å²) < 4.78 is 0. The molecule has 17 heavy (non-hydrogen) atoms. The minimum absolute atomic E-state index is 0.165. The van der Waals surface area contributed by atoms with E-state index in [9.17, 15) is 0 Å². The zero-order valence-electron chi connectivity index (χ0n) is 10.1. The molecule has 0 aliphatic heterocycles. The summed E-state index contributed by atoms with van der Waals surface area (Å²) in [5, 5.41) is 1.87. The second-order valence-electron chi connectivity index (χ2n) is 4.61. The third kappa shape index (κ3) is 5.19. The Labute approximate surface area is 117 Å². The summed E-state index contributed by atoms with van der Waals surface area (Å²) in [6.45, 7) is 6.01. The molecule has 0 bridgehead atoms. The predicted molar refractivity (Wildman–Crippen MR) is 79.1 cm³/mol. The van der Waals surface area contributed by atoms with Gasteiger partial charge in [-0.3, -0.25) is 4.99 Å². The van der Waals surface area contributed by atoms with E-state index in [1.165, 1.54) is 11.8 Å². The van der Waals surface area contributed by atoms with E-state index in [4.69, 9.17) is 28.9 Å². The summed E-state index contributed by atoms with van der Waals surface area (Å²) in [5.41, 5.74) is 6.57. The Hall–Kier alpha value is -0.380. The quantitative estimate of drug-likeness (QED) is 0.650. The van der Waals surface area contributed by atoms with Crippen molar-refractivity contribution in [3.05, 3.63) is 33.8 Å². The van der Waals surface area contributed by atoms with Crippen LogP contribution < -0.4 is 5.73 Å². The summed E-state index contributed by atoms with van der Waals surface area (Å²) in [6.07, 6.45) is 0. The summed E-state index contributed by atoms with van der Waals surface area (Å²) in [7, 11) is 0. The fourth-order valence-electron chi connectivity index (χ4n) is 1.18. The van der Waals surface area contributed by atoms with Gasteiger partial charge in [-0.25, -0.2) is 0 Å². The smallest absolute Gasteiger partial charge is 0.154 e. The van der Waals surface area contributed by atoms with Gasteiger partial charge in [0, 0.05) is 15.8 Å². The second kappa shape index (κ2) is 5.98. The minimum atomic E-state index is -0.165. The van der Waals surface area contributed by atoms with Gasteiger partial charge >= 0.3 is 0 Å². The number of thioether (sulfide) groups is 1. The number of amidine groups is 1. The average molecular weight is 291 g/mol. The molecule has 1 aromatic carbocycles. The van der Waals surface area contributed by atoms with Crippen molar-refractivity contribution in [2.75, 3.05) is 0 Å². The van der Waals surface area contributed by atoms with E-state index >= 15 is 0 Å². The standard InChI is InChI=1S/C12H16Cl2N2S/c1-12(2,3)16-11(15)17-7-8-9(13)5-4-6-10(8)14/h4-6H,7H2,1-3H3,(H2,15,16). The lowest BCUT2D eigenvalue weighted by atomic mass is 10.1. The molecule has 0 heterocycles. The van der Waals surface area contributed by atoms with Gasteiger partial charge in [0.1, 0.15) is 0 Å². The van der Waals surface area contributed by atoms with Gasteiger partial charge in [0.05, 0.1) is 5.54 Å². The second-order valence-corrected chi connectivity index (χ2v) is 6.42. The molecule has 0 radical (unpaired) electrons. The number of rotatable bonds is 2. The van der Waals surface area contributed by atoms with Crippen LogP contribution >= 0.6 is 35.0 Å². The molecular weight excluding hydrogens is 275 g/mol. The number of hydrogen-bond acceptors (Lipinski definition) is 2. The number of nitrogens with zero attached hydrogens (tertiary/aromatic N) is 1. The van der Waals surface area contributed by atoms with Crippen molar-refractivity contribution in [3.8, 4) is 0 Å².